The maximum Gasteiger partial charge on any atom is 0.120 e. The minimum atomic E-state index is -0.257. The molecule has 0 radical (unpaired) electrons. The van der Waals surface area contributed by atoms with Crippen molar-refractivity contribution in [3.05, 3.63) is 23.7 Å². The van der Waals surface area contributed by atoms with Gasteiger partial charge < -0.3 is 14.8 Å². The molecule has 0 saturated heterocycles. The summed E-state index contributed by atoms with van der Waals surface area (Å²) in [5.74, 6) is 1.91. The maximum absolute atomic E-state index is 9.43. The molecule has 1 rings (SSSR count). The second-order valence-corrected chi connectivity index (χ2v) is 5.77. The molecule has 17 heavy (non-hydrogen) atoms. The van der Waals surface area contributed by atoms with E-state index >= 15 is 0 Å². The van der Waals surface area contributed by atoms with Crippen LogP contribution in [0.4, 0.5) is 0 Å². The average molecular weight is 239 g/mol. The first kappa shape index (κ1) is 14.3. The van der Waals surface area contributed by atoms with E-state index in [1.807, 2.05) is 26.0 Å². The summed E-state index contributed by atoms with van der Waals surface area (Å²) in [6, 6.07) is 4.19. The van der Waals surface area contributed by atoms with Gasteiger partial charge in [-0.25, -0.2) is 0 Å². The quantitative estimate of drug-likeness (QED) is 0.802. The third-order valence-electron chi connectivity index (χ3n) is 2.92. The molecule has 1 heterocycles. The molecule has 0 amide bonds. The molecule has 98 valence electrons. The van der Waals surface area contributed by atoms with E-state index in [-0.39, 0.29) is 17.6 Å². The number of aliphatic hydroxyl groups is 1. The van der Waals surface area contributed by atoms with Crippen molar-refractivity contribution in [1.82, 2.24) is 5.32 Å². The van der Waals surface area contributed by atoms with Gasteiger partial charge in [-0.05, 0) is 44.7 Å². The fourth-order valence-electron chi connectivity index (χ4n) is 2.09. The SMILES string of the molecule is Cc1ccc([C@H](C)NCC(C)(C)C[C@@H](C)O)o1. The molecule has 0 bridgehead atoms. The van der Waals surface area contributed by atoms with Crippen LogP contribution in [0, 0.1) is 12.3 Å². The molecular formula is C14H25NO2. The molecule has 0 saturated carbocycles. The van der Waals surface area contributed by atoms with Crippen molar-refractivity contribution in [3.8, 4) is 0 Å². The first-order valence-corrected chi connectivity index (χ1v) is 6.28. The van der Waals surface area contributed by atoms with Crippen LogP contribution in [0.1, 0.15) is 51.7 Å². The number of nitrogens with one attached hydrogen (secondary N) is 1. The van der Waals surface area contributed by atoms with E-state index in [9.17, 15) is 5.11 Å². The van der Waals surface area contributed by atoms with Crippen LogP contribution in [0.25, 0.3) is 0 Å². The lowest BCUT2D eigenvalue weighted by Crippen LogP contribution is -2.33. The fraction of sp³-hybridized carbons (Fsp3) is 0.714. The molecule has 0 aromatic carbocycles. The summed E-state index contributed by atoms with van der Waals surface area (Å²) in [6.45, 7) is 11.1. The number of aliphatic hydroxyl groups excluding tert-OH is 1. The number of rotatable bonds is 6. The minimum absolute atomic E-state index is 0.0874. The van der Waals surface area contributed by atoms with Crippen LogP contribution >= 0.6 is 0 Å². The molecule has 1 aromatic rings. The first-order chi connectivity index (χ1) is 7.80. The van der Waals surface area contributed by atoms with E-state index in [0.717, 1.165) is 24.5 Å². The third kappa shape index (κ3) is 4.92. The monoisotopic (exact) mass is 239 g/mol. The van der Waals surface area contributed by atoms with Gasteiger partial charge in [0.05, 0.1) is 12.1 Å². The van der Waals surface area contributed by atoms with Gasteiger partial charge in [-0.3, -0.25) is 0 Å². The predicted molar refractivity (Wildman–Crippen MR) is 69.9 cm³/mol. The standard InChI is InChI=1S/C14H25NO2/c1-10(16)8-14(4,5)9-15-12(3)13-7-6-11(2)17-13/h6-7,10,12,15-16H,8-9H2,1-5H3/t10-,12+/m1/s1. The van der Waals surface area contributed by atoms with Crippen molar-refractivity contribution >= 4 is 0 Å². The van der Waals surface area contributed by atoms with Gasteiger partial charge in [0, 0.05) is 6.54 Å². The second kappa shape index (κ2) is 5.69. The summed E-state index contributed by atoms with van der Waals surface area (Å²) in [7, 11) is 0. The Kier molecular flexibility index (Phi) is 4.78. The summed E-state index contributed by atoms with van der Waals surface area (Å²) in [6.07, 6.45) is 0.539. The van der Waals surface area contributed by atoms with Gasteiger partial charge in [-0.2, -0.15) is 0 Å². The van der Waals surface area contributed by atoms with Crippen molar-refractivity contribution in [2.75, 3.05) is 6.54 Å². The van der Waals surface area contributed by atoms with Gasteiger partial charge in [0.1, 0.15) is 11.5 Å². The van der Waals surface area contributed by atoms with Crippen LogP contribution in [-0.2, 0) is 0 Å². The lowest BCUT2D eigenvalue weighted by molar-refractivity contribution is 0.126. The van der Waals surface area contributed by atoms with Crippen molar-refractivity contribution in [2.24, 2.45) is 5.41 Å². The van der Waals surface area contributed by atoms with Gasteiger partial charge in [0.2, 0.25) is 0 Å². The molecule has 0 aliphatic rings. The van der Waals surface area contributed by atoms with Crippen LogP contribution in [0.5, 0.6) is 0 Å². The van der Waals surface area contributed by atoms with Gasteiger partial charge in [0.25, 0.3) is 0 Å². The Hall–Kier alpha value is -0.800. The van der Waals surface area contributed by atoms with E-state index < -0.39 is 0 Å². The molecular weight excluding hydrogens is 214 g/mol. The summed E-state index contributed by atoms with van der Waals surface area (Å²) in [5.41, 5.74) is 0.0874. The first-order valence-electron chi connectivity index (χ1n) is 6.28. The zero-order valence-electron chi connectivity index (χ0n) is 11.6. The van der Waals surface area contributed by atoms with Crippen LogP contribution < -0.4 is 5.32 Å². The zero-order valence-corrected chi connectivity index (χ0v) is 11.6. The van der Waals surface area contributed by atoms with Gasteiger partial charge >= 0.3 is 0 Å². The highest BCUT2D eigenvalue weighted by Gasteiger charge is 2.21. The fourth-order valence-corrected chi connectivity index (χ4v) is 2.09. The highest BCUT2D eigenvalue weighted by Crippen LogP contribution is 2.23. The summed E-state index contributed by atoms with van der Waals surface area (Å²) < 4.78 is 5.58. The summed E-state index contributed by atoms with van der Waals surface area (Å²) in [4.78, 5) is 0. The smallest absolute Gasteiger partial charge is 0.120 e. The topological polar surface area (TPSA) is 45.4 Å². The summed E-state index contributed by atoms with van der Waals surface area (Å²) >= 11 is 0. The Labute approximate surface area is 104 Å². The van der Waals surface area contributed by atoms with Gasteiger partial charge in [-0.15, -0.1) is 0 Å². The number of aryl methyl sites for hydroxylation is 1. The Morgan fingerprint density at radius 2 is 2.00 bits per heavy atom. The van der Waals surface area contributed by atoms with Crippen molar-refractivity contribution in [2.45, 2.75) is 53.2 Å². The Balaban J connectivity index is 2.45. The molecule has 2 atom stereocenters. The van der Waals surface area contributed by atoms with Crippen LogP contribution in [0.3, 0.4) is 0 Å². The molecule has 0 aliphatic heterocycles. The Morgan fingerprint density at radius 1 is 1.35 bits per heavy atom. The second-order valence-electron chi connectivity index (χ2n) is 5.77. The summed E-state index contributed by atoms with van der Waals surface area (Å²) in [5, 5.41) is 12.9. The zero-order chi connectivity index (χ0) is 13.1. The van der Waals surface area contributed by atoms with Gasteiger partial charge in [-0.1, -0.05) is 13.8 Å². The van der Waals surface area contributed by atoms with Crippen molar-refractivity contribution < 1.29 is 9.52 Å². The average Bonchev–Trinajstić information content (AvgIpc) is 2.59. The molecule has 2 N–H and O–H groups in total. The van der Waals surface area contributed by atoms with E-state index in [0.29, 0.717) is 0 Å². The molecule has 3 heteroatoms. The van der Waals surface area contributed by atoms with E-state index in [1.54, 1.807) is 0 Å². The Bertz CT molecular complexity index is 342. The molecule has 0 fully saturated rings. The Morgan fingerprint density at radius 3 is 2.47 bits per heavy atom. The van der Waals surface area contributed by atoms with Gasteiger partial charge in [0.15, 0.2) is 0 Å². The van der Waals surface area contributed by atoms with Crippen LogP contribution in [0.2, 0.25) is 0 Å². The lowest BCUT2D eigenvalue weighted by Gasteiger charge is -2.28. The minimum Gasteiger partial charge on any atom is -0.465 e. The lowest BCUT2D eigenvalue weighted by atomic mass is 9.87. The number of hydrogen-bond donors (Lipinski definition) is 2. The van der Waals surface area contributed by atoms with E-state index in [2.05, 4.69) is 26.1 Å². The highest BCUT2D eigenvalue weighted by molar-refractivity contribution is 5.08. The highest BCUT2D eigenvalue weighted by atomic mass is 16.3. The third-order valence-corrected chi connectivity index (χ3v) is 2.92. The van der Waals surface area contributed by atoms with E-state index in [4.69, 9.17) is 4.42 Å². The largest absolute Gasteiger partial charge is 0.465 e. The number of hydrogen-bond acceptors (Lipinski definition) is 3. The van der Waals surface area contributed by atoms with Crippen molar-refractivity contribution in [3.63, 3.8) is 0 Å². The van der Waals surface area contributed by atoms with Crippen LogP contribution in [0.15, 0.2) is 16.5 Å². The normalized spacial score (nSPS) is 15.9. The maximum atomic E-state index is 9.43. The van der Waals surface area contributed by atoms with Crippen LogP contribution in [-0.4, -0.2) is 17.8 Å². The number of furan rings is 1. The molecule has 1 aromatic heterocycles. The predicted octanol–water partition coefficient (Wildman–Crippen LogP) is 3.04. The molecule has 3 nitrogen and oxygen atoms in total. The molecule has 0 unspecified atom stereocenters. The van der Waals surface area contributed by atoms with E-state index in [1.165, 1.54) is 0 Å². The molecule has 0 aliphatic carbocycles. The molecule has 0 spiro atoms. The van der Waals surface area contributed by atoms with Crippen molar-refractivity contribution in [1.29, 1.82) is 0 Å².